The van der Waals surface area contributed by atoms with Gasteiger partial charge in [0.05, 0.1) is 14.2 Å². The molecule has 0 bridgehead atoms. The van der Waals surface area contributed by atoms with Gasteiger partial charge in [-0.3, -0.25) is 0 Å². The fourth-order valence-electron chi connectivity index (χ4n) is 2.25. The minimum atomic E-state index is 0.528. The second kappa shape index (κ2) is 6.08. The van der Waals surface area contributed by atoms with Crippen molar-refractivity contribution >= 4 is 0 Å². The van der Waals surface area contributed by atoms with Crippen molar-refractivity contribution in [1.29, 1.82) is 0 Å². The Morgan fingerprint density at radius 3 is 1.71 bits per heavy atom. The quantitative estimate of drug-likeness (QED) is 0.799. The van der Waals surface area contributed by atoms with Crippen LogP contribution in [-0.4, -0.2) is 14.2 Å². The van der Waals surface area contributed by atoms with Gasteiger partial charge in [-0.2, -0.15) is 0 Å². The maximum atomic E-state index is 6.12. The molecule has 0 N–H and O–H groups in total. The summed E-state index contributed by atoms with van der Waals surface area (Å²) in [5, 5.41) is 0. The zero-order valence-electron chi connectivity index (χ0n) is 12.3. The number of benzene rings is 2. The minimum absolute atomic E-state index is 0.528. The highest BCUT2D eigenvalue weighted by atomic mass is 16.5. The van der Waals surface area contributed by atoms with E-state index in [2.05, 4.69) is 12.1 Å². The monoisotopic (exact) mass is 283 g/mol. The molecule has 21 heavy (non-hydrogen) atoms. The highest BCUT2D eigenvalue weighted by molar-refractivity contribution is 5.39. The molecule has 0 saturated heterocycles. The summed E-state index contributed by atoms with van der Waals surface area (Å²) in [6.07, 6.45) is 3.43. The molecule has 0 unspecified atom stereocenters. The maximum absolute atomic E-state index is 6.12. The van der Waals surface area contributed by atoms with Crippen LogP contribution in [0.25, 0.3) is 0 Å². The van der Waals surface area contributed by atoms with Crippen molar-refractivity contribution < 1.29 is 14.2 Å². The second-order valence-electron chi connectivity index (χ2n) is 5.14. The van der Waals surface area contributed by atoms with Crippen molar-refractivity contribution in [2.75, 3.05) is 14.2 Å². The first kappa shape index (κ1) is 13.8. The Balaban J connectivity index is 1.77. The van der Waals surface area contributed by atoms with Gasteiger partial charge in [-0.1, -0.05) is 12.1 Å². The van der Waals surface area contributed by atoms with Crippen LogP contribution < -0.4 is 14.2 Å². The lowest BCUT2D eigenvalue weighted by Crippen LogP contribution is -2.11. The lowest BCUT2D eigenvalue weighted by Gasteiger charge is -2.18. The summed E-state index contributed by atoms with van der Waals surface area (Å²) in [5.41, 5.74) is 1.12. The minimum Gasteiger partial charge on any atom is -0.497 e. The number of hydrogen-bond donors (Lipinski definition) is 0. The summed E-state index contributed by atoms with van der Waals surface area (Å²) in [6.45, 7) is 0. The molecule has 0 spiro atoms. The molecule has 0 heterocycles. The van der Waals surface area contributed by atoms with E-state index >= 15 is 0 Å². The van der Waals surface area contributed by atoms with E-state index in [4.69, 9.17) is 14.2 Å². The van der Waals surface area contributed by atoms with Gasteiger partial charge >= 0.3 is 0 Å². The number of rotatable bonds is 6. The van der Waals surface area contributed by atoms with Gasteiger partial charge in [0.2, 0.25) is 0 Å². The molecule has 0 aromatic heterocycles. The number of hydrogen-bond acceptors (Lipinski definition) is 3. The fraction of sp³-hybridized carbons (Fsp3) is 0.278. The fourth-order valence-corrected chi connectivity index (χ4v) is 2.25. The van der Waals surface area contributed by atoms with E-state index in [0.717, 1.165) is 28.9 Å². The average Bonchev–Trinajstić information content (AvgIpc) is 3.38. The summed E-state index contributed by atoms with van der Waals surface area (Å²) in [6, 6.07) is 15.7. The first-order valence-corrected chi connectivity index (χ1v) is 7.13. The van der Waals surface area contributed by atoms with Crippen LogP contribution in [0.4, 0.5) is 0 Å². The molecule has 1 fully saturated rings. The first-order chi connectivity index (χ1) is 10.3. The van der Waals surface area contributed by atoms with Crippen LogP contribution in [0.5, 0.6) is 17.2 Å². The van der Waals surface area contributed by atoms with Crippen molar-refractivity contribution in [2.24, 2.45) is 5.92 Å². The topological polar surface area (TPSA) is 27.7 Å². The second-order valence-corrected chi connectivity index (χ2v) is 5.14. The van der Waals surface area contributed by atoms with Gasteiger partial charge in [-0.25, -0.2) is 0 Å². The molecule has 0 atom stereocenters. The van der Waals surface area contributed by atoms with Gasteiger partial charge in [0.1, 0.15) is 17.2 Å². The number of methoxy groups -OCH3 is 2. The van der Waals surface area contributed by atoms with E-state index in [-0.39, 0.29) is 0 Å². The summed E-state index contributed by atoms with van der Waals surface area (Å²) in [5.74, 6) is 3.06. The lowest BCUT2D eigenvalue weighted by molar-refractivity contribution is 0.321. The van der Waals surface area contributed by atoms with Gasteiger partial charge in [-0.05, 0) is 49.2 Å². The predicted molar refractivity (Wildman–Crippen MR) is 81.7 cm³/mol. The van der Waals surface area contributed by atoms with E-state index in [1.54, 1.807) is 14.2 Å². The lowest BCUT2D eigenvalue weighted by atomic mass is 10.1. The third-order valence-corrected chi connectivity index (χ3v) is 3.61. The van der Waals surface area contributed by atoms with Crippen molar-refractivity contribution in [3.8, 4) is 17.2 Å². The molecular weight excluding hydrogens is 264 g/mol. The Morgan fingerprint density at radius 1 is 0.762 bits per heavy atom. The van der Waals surface area contributed by atoms with Crippen LogP contribution in [0.1, 0.15) is 18.4 Å². The Hall–Kier alpha value is -2.16. The largest absolute Gasteiger partial charge is 0.497 e. The number of ether oxygens (including phenoxy) is 3. The summed E-state index contributed by atoms with van der Waals surface area (Å²) in [4.78, 5) is 0. The SMILES string of the molecule is COc1ccc(O[C](c2ccc(OC)cc2)C2CC2)cc1. The zero-order chi connectivity index (χ0) is 14.7. The molecule has 1 radical (unpaired) electrons. The Kier molecular flexibility index (Phi) is 4.00. The predicted octanol–water partition coefficient (Wildman–Crippen LogP) is 4.07. The van der Waals surface area contributed by atoms with Gasteiger partial charge in [0.25, 0.3) is 0 Å². The highest BCUT2D eigenvalue weighted by Gasteiger charge is 2.35. The smallest absolute Gasteiger partial charge is 0.181 e. The molecule has 3 rings (SSSR count). The third-order valence-electron chi connectivity index (χ3n) is 3.61. The zero-order valence-corrected chi connectivity index (χ0v) is 12.3. The van der Waals surface area contributed by atoms with E-state index in [9.17, 15) is 0 Å². The van der Waals surface area contributed by atoms with Crippen LogP contribution in [0, 0.1) is 12.0 Å². The molecule has 2 aromatic carbocycles. The van der Waals surface area contributed by atoms with Crippen LogP contribution in [0.2, 0.25) is 0 Å². The van der Waals surface area contributed by atoms with E-state index in [0.29, 0.717) is 5.92 Å². The molecule has 3 heteroatoms. The Labute approximate surface area is 125 Å². The van der Waals surface area contributed by atoms with Crippen LogP contribution in [0.3, 0.4) is 0 Å². The van der Waals surface area contributed by atoms with Crippen molar-refractivity contribution in [3.63, 3.8) is 0 Å². The van der Waals surface area contributed by atoms with Crippen molar-refractivity contribution in [2.45, 2.75) is 12.8 Å². The third kappa shape index (κ3) is 3.30. The maximum Gasteiger partial charge on any atom is 0.181 e. The van der Waals surface area contributed by atoms with Gasteiger partial charge in [-0.15, -0.1) is 0 Å². The van der Waals surface area contributed by atoms with Crippen LogP contribution >= 0.6 is 0 Å². The van der Waals surface area contributed by atoms with Gasteiger partial charge < -0.3 is 14.2 Å². The molecule has 0 amide bonds. The average molecular weight is 283 g/mol. The summed E-state index contributed by atoms with van der Waals surface area (Å²) in [7, 11) is 3.34. The van der Waals surface area contributed by atoms with Gasteiger partial charge in [0.15, 0.2) is 6.10 Å². The van der Waals surface area contributed by atoms with E-state index in [1.165, 1.54) is 12.8 Å². The van der Waals surface area contributed by atoms with Crippen molar-refractivity contribution in [1.82, 2.24) is 0 Å². The van der Waals surface area contributed by atoms with E-state index < -0.39 is 0 Å². The highest BCUT2D eigenvalue weighted by Crippen LogP contribution is 2.43. The van der Waals surface area contributed by atoms with Crippen molar-refractivity contribution in [3.05, 3.63) is 60.2 Å². The Morgan fingerprint density at radius 2 is 1.24 bits per heavy atom. The summed E-state index contributed by atoms with van der Waals surface area (Å²) >= 11 is 0. The normalized spacial score (nSPS) is 14.0. The first-order valence-electron chi connectivity index (χ1n) is 7.13. The molecule has 1 aliphatic rings. The van der Waals surface area contributed by atoms with Gasteiger partial charge in [0, 0.05) is 11.5 Å². The van der Waals surface area contributed by atoms with E-state index in [1.807, 2.05) is 36.4 Å². The Bertz CT molecular complexity index is 570. The standard InChI is InChI=1S/C18H19O3/c1-19-15-7-5-14(6-8-15)18(13-3-4-13)21-17-11-9-16(20-2)10-12-17/h5-13H,3-4H2,1-2H3. The molecule has 0 aliphatic heterocycles. The molecule has 1 saturated carbocycles. The molecule has 2 aromatic rings. The van der Waals surface area contributed by atoms with Crippen LogP contribution in [0.15, 0.2) is 48.5 Å². The van der Waals surface area contributed by atoms with Crippen LogP contribution in [-0.2, 0) is 0 Å². The summed E-state index contributed by atoms with van der Waals surface area (Å²) < 4.78 is 16.5. The molecular formula is C18H19O3. The molecule has 109 valence electrons. The molecule has 3 nitrogen and oxygen atoms in total. The molecule has 1 aliphatic carbocycles.